The SMILES string of the molecule is CCCCCCCCCCCCSCC(CO)OC(=O)CCCCCCCCC. The van der Waals surface area contributed by atoms with Gasteiger partial charge in [-0.05, 0) is 18.6 Å². The number of hydrogen-bond donors (Lipinski definition) is 1. The first-order valence-electron chi connectivity index (χ1n) is 12.6. The molecule has 0 saturated carbocycles. The van der Waals surface area contributed by atoms with Gasteiger partial charge in [0.25, 0.3) is 0 Å². The number of carbonyl (C=O) groups is 1. The Morgan fingerprint density at radius 1 is 0.724 bits per heavy atom. The van der Waals surface area contributed by atoms with Crippen LogP contribution in [0.5, 0.6) is 0 Å². The largest absolute Gasteiger partial charge is 0.459 e. The minimum atomic E-state index is -0.333. The van der Waals surface area contributed by atoms with Crippen LogP contribution in [-0.2, 0) is 9.53 Å². The van der Waals surface area contributed by atoms with Gasteiger partial charge >= 0.3 is 5.97 Å². The second-order valence-corrected chi connectivity index (χ2v) is 9.57. The maximum atomic E-state index is 11.9. The summed E-state index contributed by atoms with van der Waals surface area (Å²) >= 11 is 1.81. The molecule has 0 heterocycles. The number of esters is 1. The number of hydrogen-bond acceptors (Lipinski definition) is 4. The van der Waals surface area contributed by atoms with Gasteiger partial charge < -0.3 is 9.84 Å². The summed E-state index contributed by atoms with van der Waals surface area (Å²) in [5.74, 6) is 1.68. The Kier molecular flexibility index (Phi) is 23.9. The molecule has 0 aliphatic rings. The van der Waals surface area contributed by atoms with Gasteiger partial charge in [-0.3, -0.25) is 4.79 Å². The highest BCUT2D eigenvalue weighted by atomic mass is 32.2. The molecular weight excluding hydrogens is 380 g/mol. The molecule has 0 fully saturated rings. The number of thioether (sulfide) groups is 1. The molecule has 4 heteroatoms. The number of aliphatic hydroxyl groups excluding tert-OH is 1. The van der Waals surface area contributed by atoms with Crippen LogP contribution < -0.4 is 0 Å². The van der Waals surface area contributed by atoms with Gasteiger partial charge in [0.2, 0.25) is 0 Å². The zero-order valence-corrected chi connectivity index (χ0v) is 20.4. The third-order valence-electron chi connectivity index (χ3n) is 5.43. The predicted octanol–water partition coefficient (Wildman–Crippen LogP) is 7.69. The van der Waals surface area contributed by atoms with Crippen LogP contribution in [0.15, 0.2) is 0 Å². The zero-order chi connectivity index (χ0) is 21.4. The van der Waals surface area contributed by atoms with Crippen LogP contribution >= 0.6 is 11.8 Å². The number of ether oxygens (including phenoxy) is 1. The minimum absolute atomic E-state index is 0.0617. The molecule has 0 radical (unpaired) electrons. The van der Waals surface area contributed by atoms with Crippen LogP contribution in [-0.4, -0.2) is 35.3 Å². The van der Waals surface area contributed by atoms with Crippen molar-refractivity contribution in [3.63, 3.8) is 0 Å². The molecule has 0 saturated heterocycles. The molecule has 0 aliphatic carbocycles. The van der Waals surface area contributed by atoms with Crippen LogP contribution in [0.3, 0.4) is 0 Å². The van der Waals surface area contributed by atoms with Gasteiger partial charge in [0.05, 0.1) is 6.61 Å². The summed E-state index contributed by atoms with van der Waals surface area (Å²) in [5, 5.41) is 9.45. The summed E-state index contributed by atoms with van der Waals surface area (Å²) in [5.41, 5.74) is 0. The zero-order valence-electron chi connectivity index (χ0n) is 19.6. The van der Waals surface area contributed by atoms with Crippen molar-refractivity contribution in [2.24, 2.45) is 0 Å². The first-order valence-corrected chi connectivity index (χ1v) is 13.8. The van der Waals surface area contributed by atoms with E-state index in [1.165, 1.54) is 96.3 Å². The molecule has 0 rings (SSSR count). The Labute approximate surface area is 186 Å². The first-order chi connectivity index (χ1) is 14.2. The summed E-state index contributed by atoms with van der Waals surface area (Å²) in [6.07, 6.45) is 22.1. The van der Waals surface area contributed by atoms with Gasteiger partial charge in [0.1, 0.15) is 6.10 Å². The average Bonchev–Trinajstić information content (AvgIpc) is 2.73. The molecule has 0 aromatic heterocycles. The fourth-order valence-electron chi connectivity index (χ4n) is 3.50. The van der Waals surface area contributed by atoms with Gasteiger partial charge in [0.15, 0.2) is 0 Å². The highest BCUT2D eigenvalue weighted by molar-refractivity contribution is 7.99. The maximum Gasteiger partial charge on any atom is 0.306 e. The van der Waals surface area contributed by atoms with E-state index < -0.39 is 0 Å². The topological polar surface area (TPSA) is 46.5 Å². The van der Waals surface area contributed by atoms with Gasteiger partial charge in [0, 0.05) is 12.2 Å². The predicted molar refractivity (Wildman–Crippen MR) is 129 cm³/mol. The summed E-state index contributed by atoms with van der Waals surface area (Å²) in [4.78, 5) is 11.9. The molecule has 3 nitrogen and oxygen atoms in total. The van der Waals surface area contributed by atoms with E-state index in [-0.39, 0.29) is 18.7 Å². The fraction of sp³-hybridized carbons (Fsp3) is 0.960. The van der Waals surface area contributed by atoms with Gasteiger partial charge in [-0.1, -0.05) is 110 Å². The third-order valence-corrected chi connectivity index (χ3v) is 6.62. The van der Waals surface area contributed by atoms with Crippen molar-refractivity contribution in [1.29, 1.82) is 0 Å². The molecule has 1 atom stereocenters. The monoisotopic (exact) mass is 430 g/mol. The van der Waals surface area contributed by atoms with Crippen molar-refractivity contribution in [1.82, 2.24) is 0 Å². The fourth-order valence-corrected chi connectivity index (χ4v) is 4.51. The van der Waals surface area contributed by atoms with E-state index in [0.29, 0.717) is 6.42 Å². The van der Waals surface area contributed by atoms with E-state index >= 15 is 0 Å². The second kappa shape index (κ2) is 24.1. The van der Waals surface area contributed by atoms with Gasteiger partial charge in [-0.25, -0.2) is 0 Å². The number of aliphatic hydroxyl groups is 1. The highest BCUT2D eigenvalue weighted by Crippen LogP contribution is 2.14. The van der Waals surface area contributed by atoms with Crippen LogP contribution in [0.4, 0.5) is 0 Å². The maximum absolute atomic E-state index is 11.9. The van der Waals surface area contributed by atoms with Crippen LogP contribution in [0.2, 0.25) is 0 Å². The van der Waals surface area contributed by atoms with Crippen LogP contribution in [0.1, 0.15) is 129 Å². The number of unbranched alkanes of at least 4 members (excludes halogenated alkanes) is 15. The van der Waals surface area contributed by atoms with Crippen LogP contribution in [0, 0.1) is 0 Å². The molecule has 1 N–H and O–H groups in total. The molecule has 0 spiro atoms. The lowest BCUT2D eigenvalue weighted by molar-refractivity contribution is -0.149. The Bertz CT molecular complexity index is 336. The van der Waals surface area contributed by atoms with Crippen molar-refractivity contribution in [3.8, 4) is 0 Å². The average molecular weight is 431 g/mol. The summed E-state index contributed by atoms with van der Waals surface area (Å²) in [6.45, 7) is 4.43. The molecule has 174 valence electrons. The molecule has 0 amide bonds. The van der Waals surface area contributed by atoms with E-state index in [1.807, 2.05) is 11.8 Å². The van der Waals surface area contributed by atoms with Crippen molar-refractivity contribution in [3.05, 3.63) is 0 Å². The van der Waals surface area contributed by atoms with Crippen molar-refractivity contribution in [2.45, 2.75) is 136 Å². The summed E-state index contributed by atoms with van der Waals surface area (Å²) in [6, 6.07) is 0. The smallest absolute Gasteiger partial charge is 0.306 e. The molecular formula is C25H50O3S. The lowest BCUT2D eigenvalue weighted by atomic mass is 10.1. The van der Waals surface area contributed by atoms with E-state index in [1.54, 1.807) is 0 Å². The standard InChI is InChI=1S/C25H50O3S/c1-3-5-7-9-11-12-13-15-17-19-21-29-23-24(22-26)28-25(27)20-18-16-14-10-8-6-4-2/h24,26H,3-23H2,1-2H3. The summed E-state index contributed by atoms with van der Waals surface area (Å²) in [7, 11) is 0. The molecule has 0 aromatic rings. The number of carbonyl (C=O) groups excluding carboxylic acids is 1. The Balaban J connectivity index is 3.44. The van der Waals surface area contributed by atoms with Crippen molar-refractivity contribution < 1.29 is 14.6 Å². The van der Waals surface area contributed by atoms with Crippen LogP contribution in [0.25, 0.3) is 0 Å². The Hall–Kier alpha value is -0.220. The molecule has 0 aromatic carbocycles. The Morgan fingerprint density at radius 3 is 1.66 bits per heavy atom. The quantitative estimate of drug-likeness (QED) is 0.133. The van der Waals surface area contributed by atoms with E-state index in [9.17, 15) is 9.90 Å². The minimum Gasteiger partial charge on any atom is -0.459 e. The molecule has 0 aliphatic heterocycles. The lowest BCUT2D eigenvalue weighted by Crippen LogP contribution is -2.24. The second-order valence-electron chi connectivity index (χ2n) is 8.42. The first kappa shape index (κ1) is 28.8. The summed E-state index contributed by atoms with van der Waals surface area (Å²) < 4.78 is 5.43. The number of rotatable bonds is 23. The molecule has 29 heavy (non-hydrogen) atoms. The third kappa shape index (κ3) is 22.3. The van der Waals surface area contributed by atoms with E-state index in [2.05, 4.69) is 13.8 Å². The highest BCUT2D eigenvalue weighted by Gasteiger charge is 2.13. The van der Waals surface area contributed by atoms with Crippen molar-refractivity contribution >= 4 is 17.7 Å². The van der Waals surface area contributed by atoms with E-state index in [0.717, 1.165) is 24.3 Å². The lowest BCUT2D eigenvalue weighted by Gasteiger charge is -2.15. The molecule has 0 bridgehead atoms. The van der Waals surface area contributed by atoms with Gasteiger partial charge in [-0.2, -0.15) is 11.8 Å². The Morgan fingerprint density at radius 2 is 1.17 bits per heavy atom. The molecule has 1 unspecified atom stereocenters. The normalized spacial score (nSPS) is 12.2. The van der Waals surface area contributed by atoms with E-state index in [4.69, 9.17) is 4.74 Å². The van der Waals surface area contributed by atoms with Gasteiger partial charge in [-0.15, -0.1) is 0 Å². The van der Waals surface area contributed by atoms with Crippen molar-refractivity contribution in [2.75, 3.05) is 18.1 Å².